The fraction of sp³-hybridized carbons (Fsp3) is 0.600. The predicted molar refractivity (Wildman–Crippen MR) is 75.3 cm³/mol. The van der Waals surface area contributed by atoms with Crippen molar-refractivity contribution in [1.82, 2.24) is 5.32 Å². The van der Waals surface area contributed by atoms with Gasteiger partial charge in [-0.3, -0.25) is 0 Å². The smallest absolute Gasteiger partial charge is 0.0950 e. The Hall–Kier alpha value is -0.900. The van der Waals surface area contributed by atoms with Gasteiger partial charge in [0.15, 0.2) is 0 Å². The predicted octanol–water partition coefficient (Wildman–Crippen LogP) is 1.79. The molecule has 0 heterocycles. The molecule has 1 aliphatic rings. The van der Waals surface area contributed by atoms with Crippen LogP contribution in [0.3, 0.4) is 0 Å². The maximum absolute atomic E-state index is 9.90. The van der Waals surface area contributed by atoms with E-state index in [1.54, 1.807) is 6.08 Å². The second-order valence-electron chi connectivity index (χ2n) is 5.41. The molecule has 0 radical (unpaired) electrons. The van der Waals surface area contributed by atoms with Gasteiger partial charge in [0.25, 0.3) is 0 Å². The zero-order valence-corrected chi connectivity index (χ0v) is 11.6. The number of hydrogen-bond acceptors (Lipinski definition) is 3. The van der Waals surface area contributed by atoms with Crippen LogP contribution in [0.4, 0.5) is 0 Å². The van der Waals surface area contributed by atoms with Crippen molar-refractivity contribution in [2.45, 2.75) is 39.3 Å². The molecule has 0 bridgehead atoms. The van der Waals surface area contributed by atoms with Crippen molar-refractivity contribution in [3.05, 3.63) is 36.0 Å². The molecule has 102 valence electrons. The van der Waals surface area contributed by atoms with Crippen LogP contribution in [0.1, 0.15) is 27.2 Å². The van der Waals surface area contributed by atoms with Crippen LogP contribution in [-0.4, -0.2) is 35.5 Å². The Kier molecular flexibility index (Phi) is 5.79. The number of aliphatic hydroxyl groups is 2. The summed E-state index contributed by atoms with van der Waals surface area (Å²) in [5.74, 6) is 0. The Morgan fingerprint density at radius 3 is 2.67 bits per heavy atom. The van der Waals surface area contributed by atoms with Crippen LogP contribution in [0.5, 0.6) is 0 Å². The zero-order chi connectivity index (χ0) is 13.6. The second-order valence-corrected chi connectivity index (χ2v) is 5.41. The van der Waals surface area contributed by atoms with Crippen LogP contribution in [-0.2, 0) is 0 Å². The summed E-state index contributed by atoms with van der Waals surface area (Å²) < 4.78 is 0. The molecule has 0 fully saturated rings. The van der Waals surface area contributed by atoms with E-state index in [0.717, 1.165) is 12.0 Å². The molecule has 2 atom stereocenters. The van der Waals surface area contributed by atoms with Crippen molar-refractivity contribution < 1.29 is 10.2 Å². The molecule has 0 spiro atoms. The Balaban J connectivity index is 2.60. The van der Waals surface area contributed by atoms with Crippen LogP contribution >= 0.6 is 0 Å². The summed E-state index contributed by atoms with van der Waals surface area (Å²) in [6, 6.07) is 0.0341. The Labute approximate surface area is 110 Å². The first-order valence-corrected chi connectivity index (χ1v) is 6.57. The Morgan fingerprint density at radius 1 is 1.33 bits per heavy atom. The van der Waals surface area contributed by atoms with Gasteiger partial charge < -0.3 is 15.5 Å². The third-order valence-corrected chi connectivity index (χ3v) is 3.80. The lowest BCUT2D eigenvalue weighted by Gasteiger charge is -2.33. The molecule has 0 aliphatic heterocycles. The molecule has 3 heteroatoms. The molecule has 18 heavy (non-hydrogen) atoms. The van der Waals surface area contributed by atoms with Crippen molar-refractivity contribution in [1.29, 1.82) is 0 Å². The van der Waals surface area contributed by atoms with E-state index < -0.39 is 6.10 Å². The summed E-state index contributed by atoms with van der Waals surface area (Å²) in [5, 5.41) is 22.7. The number of aliphatic hydroxyl groups excluding tert-OH is 2. The second kappa shape index (κ2) is 6.88. The minimum Gasteiger partial charge on any atom is -0.395 e. The van der Waals surface area contributed by atoms with Crippen molar-refractivity contribution in [3.8, 4) is 0 Å². The summed E-state index contributed by atoms with van der Waals surface area (Å²) in [6.45, 7) is 7.09. The molecule has 0 aromatic rings. The van der Waals surface area contributed by atoms with Crippen LogP contribution in [0, 0.1) is 5.41 Å². The molecular weight excluding hydrogens is 226 g/mol. The van der Waals surface area contributed by atoms with Crippen molar-refractivity contribution in [2.75, 3.05) is 13.2 Å². The molecule has 0 aromatic carbocycles. The van der Waals surface area contributed by atoms with Crippen LogP contribution < -0.4 is 5.32 Å². The molecule has 1 rings (SSSR count). The van der Waals surface area contributed by atoms with Crippen molar-refractivity contribution in [3.63, 3.8) is 0 Å². The molecular formula is C15H25NO2. The summed E-state index contributed by atoms with van der Waals surface area (Å²) in [7, 11) is 0. The van der Waals surface area contributed by atoms with E-state index in [4.69, 9.17) is 0 Å². The number of allylic oxidation sites excluding steroid dienone is 4. The van der Waals surface area contributed by atoms with Gasteiger partial charge in [0.05, 0.1) is 12.7 Å². The molecule has 0 saturated heterocycles. The SMILES string of the molecule is CCC(C)(C)C(CO)NCC1=CC=CC=CC1O. The standard InChI is InChI=1S/C15H25NO2/c1-4-15(2,3)14(11-17)16-10-12-8-6-5-7-9-13(12)18/h5-9,13-14,16-18H,4,10-11H2,1-3H3. The van der Waals surface area contributed by atoms with Gasteiger partial charge in [0.1, 0.15) is 0 Å². The topological polar surface area (TPSA) is 52.5 Å². The average molecular weight is 251 g/mol. The highest BCUT2D eigenvalue weighted by Gasteiger charge is 2.27. The average Bonchev–Trinajstić information content (AvgIpc) is 2.55. The lowest BCUT2D eigenvalue weighted by Crippen LogP contribution is -2.45. The third kappa shape index (κ3) is 4.09. The van der Waals surface area contributed by atoms with Gasteiger partial charge in [-0.1, -0.05) is 51.2 Å². The Morgan fingerprint density at radius 2 is 2.06 bits per heavy atom. The fourth-order valence-corrected chi connectivity index (χ4v) is 1.87. The first kappa shape index (κ1) is 15.2. The van der Waals surface area contributed by atoms with Crippen LogP contribution in [0.15, 0.2) is 36.0 Å². The molecule has 3 nitrogen and oxygen atoms in total. The van der Waals surface area contributed by atoms with E-state index in [1.165, 1.54) is 0 Å². The molecule has 0 saturated carbocycles. The zero-order valence-electron chi connectivity index (χ0n) is 11.6. The van der Waals surface area contributed by atoms with E-state index in [-0.39, 0.29) is 18.1 Å². The summed E-state index contributed by atoms with van der Waals surface area (Å²) in [4.78, 5) is 0. The lowest BCUT2D eigenvalue weighted by atomic mass is 9.82. The fourth-order valence-electron chi connectivity index (χ4n) is 1.87. The van der Waals surface area contributed by atoms with E-state index in [9.17, 15) is 10.2 Å². The number of nitrogens with one attached hydrogen (secondary N) is 1. The minimum atomic E-state index is -0.545. The van der Waals surface area contributed by atoms with Gasteiger partial charge in [-0.15, -0.1) is 0 Å². The summed E-state index contributed by atoms with van der Waals surface area (Å²) in [5.41, 5.74) is 0.960. The minimum absolute atomic E-state index is 0.0341. The Bertz CT molecular complexity index is 342. The first-order chi connectivity index (χ1) is 8.51. The number of hydrogen-bond donors (Lipinski definition) is 3. The van der Waals surface area contributed by atoms with Crippen molar-refractivity contribution >= 4 is 0 Å². The first-order valence-electron chi connectivity index (χ1n) is 6.57. The van der Waals surface area contributed by atoms with E-state index >= 15 is 0 Å². The monoisotopic (exact) mass is 251 g/mol. The highest BCUT2D eigenvalue weighted by Crippen LogP contribution is 2.24. The number of rotatable bonds is 6. The van der Waals surface area contributed by atoms with E-state index in [2.05, 4.69) is 26.1 Å². The van der Waals surface area contributed by atoms with Crippen molar-refractivity contribution in [2.24, 2.45) is 5.41 Å². The highest BCUT2D eigenvalue weighted by molar-refractivity contribution is 5.28. The maximum atomic E-state index is 9.90. The van der Waals surface area contributed by atoms with Crippen LogP contribution in [0.2, 0.25) is 0 Å². The van der Waals surface area contributed by atoms with Gasteiger partial charge in [-0.2, -0.15) is 0 Å². The van der Waals surface area contributed by atoms with Gasteiger partial charge >= 0.3 is 0 Å². The molecule has 1 aliphatic carbocycles. The van der Waals surface area contributed by atoms with E-state index in [0.29, 0.717) is 6.54 Å². The normalized spacial score (nSPS) is 21.6. The van der Waals surface area contributed by atoms with Gasteiger partial charge in [0.2, 0.25) is 0 Å². The van der Waals surface area contributed by atoms with E-state index in [1.807, 2.05) is 24.3 Å². The lowest BCUT2D eigenvalue weighted by molar-refractivity contribution is 0.142. The largest absolute Gasteiger partial charge is 0.395 e. The quantitative estimate of drug-likeness (QED) is 0.674. The van der Waals surface area contributed by atoms with Crippen LogP contribution in [0.25, 0.3) is 0 Å². The van der Waals surface area contributed by atoms with Gasteiger partial charge in [0, 0.05) is 12.6 Å². The molecule has 3 N–H and O–H groups in total. The maximum Gasteiger partial charge on any atom is 0.0950 e. The molecule has 0 aromatic heterocycles. The third-order valence-electron chi connectivity index (χ3n) is 3.80. The summed E-state index contributed by atoms with van der Waals surface area (Å²) in [6.07, 6.45) is 9.79. The van der Waals surface area contributed by atoms with Gasteiger partial charge in [-0.25, -0.2) is 0 Å². The van der Waals surface area contributed by atoms with Gasteiger partial charge in [-0.05, 0) is 17.4 Å². The summed E-state index contributed by atoms with van der Waals surface area (Å²) >= 11 is 0. The molecule has 2 unspecified atom stereocenters. The molecule has 0 amide bonds. The highest BCUT2D eigenvalue weighted by atomic mass is 16.3.